The van der Waals surface area contributed by atoms with Gasteiger partial charge in [-0.3, -0.25) is 0 Å². The van der Waals surface area contributed by atoms with Crippen LogP contribution in [0, 0.1) is 6.92 Å². The lowest BCUT2D eigenvalue weighted by Crippen LogP contribution is -2.11. The van der Waals surface area contributed by atoms with Crippen molar-refractivity contribution < 1.29 is 0 Å². The summed E-state index contributed by atoms with van der Waals surface area (Å²) in [5.41, 5.74) is 2.38. The van der Waals surface area contributed by atoms with Gasteiger partial charge in [-0.1, -0.05) is 45.8 Å². The molecule has 0 amide bonds. The average Bonchev–Trinajstić information content (AvgIpc) is 2.05. The zero-order valence-corrected chi connectivity index (χ0v) is 10.2. The molecule has 0 radical (unpaired) electrons. The SMILES string of the molecule is Cc1ccc(C(S)(S)CBr)cc1. The molecule has 0 atom stereocenters. The molecule has 0 unspecified atom stereocenters. The molecule has 0 aliphatic heterocycles. The van der Waals surface area contributed by atoms with Gasteiger partial charge in [0.25, 0.3) is 0 Å². The molecule has 0 saturated heterocycles. The molecule has 0 bridgehead atoms. The molecule has 0 aliphatic carbocycles. The molecule has 0 heterocycles. The molecule has 0 nitrogen and oxygen atoms in total. The first kappa shape index (κ1) is 10.5. The molecule has 0 spiro atoms. The lowest BCUT2D eigenvalue weighted by atomic mass is 10.1. The molecule has 0 saturated carbocycles. The number of aryl methyl sites for hydroxylation is 1. The molecule has 66 valence electrons. The predicted octanol–water partition coefficient (Wildman–Crippen LogP) is 3.40. The monoisotopic (exact) mass is 262 g/mol. The second-order valence-electron chi connectivity index (χ2n) is 2.82. The Hall–Kier alpha value is 0.400. The Morgan fingerprint density at radius 3 is 2.17 bits per heavy atom. The van der Waals surface area contributed by atoms with E-state index in [2.05, 4.69) is 72.4 Å². The van der Waals surface area contributed by atoms with Gasteiger partial charge in [-0.2, -0.15) is 25.3 Å². The first-order chi connectivity index (χ1) is 5.56. The van der Waals surface area contributed by atoms with Crippen LogP contribution in [0.25, 0.3) is 0 Å². The maximum Gasteiger partial charge on any atom is 0.0899 e. The third kappa shape index (κ3) is 2.44. The van der Waals surface area contributed by atoms with E-state index in [4.69, 9.17) is 0 Å². The fourth-order valence-electron chi connectivity index (χ4n) is 0.898. The van der Waals surface area contributed by atoms with Crippen molar-refractivity contribution in [1.29, 1.82) is 0 Å². The molecular formula is C9H11BrS2. The first-order valence-corrected chi connectivity index (χ1v) is 5.66. The highest BCUT2D eigenvalue weighted by Crippen LogP contribution is 2.34. The normalized spacial score (nSPS) is 11.7. The Labute approximate surface area is 92.7 Å². The summed E-state index contributed by atoms with van der Waals surface area (Å²) in [5, 5.41) is 0.731. The Morgan fingerprint density at radius 2 is 1.75 bits per heavy atom. The fourth-order valence-corrected chi connectivity index (χ4v) is 1.52. The summed E-state index contributed by atoms with van der Waals surface area (Å²) in [5.74, 6) is 0. The maximum atomic E-state index is 4.43. The van der Waals surface area contributed by atoms with E-state index in [9.17, 15) is 0 Å². The molecule has 1 aromatic rings. The predicted molar refractivity (Wildman–Crippen MR) is 64.6 cm³/mol. The molecule has 0 aromatic heterocycles. The van der Waals surface area contributed by atoms with Gasteiger partial charge in [0.05, 0.1) is 4.08 Å². The van der Waals surface area contributed by atoms with Gasteiger partial charge in [-0.25, -0.2) is 0 Å². The number of hydrogen-bond acceptors (Lipinski definition) is 2. The third-order valence-corrected chi connectivity index (χ3v) is 4.24. The van der Waals surface area contributed by atoms with Crippen LogP contribution in [0.3, 0.4) is 0 Å². The van der Waals surface area contributed by atoms with Crippen LogP contribution < -0.4 is 0 Å². The van der Waals surface area contributed by atoms with E-state index in [0.717, 1.165) is 10.9 Å². The number of hydrogen-bond donors (Lipinski definition) is 2. The number of thiol groups is 2. The Bertz CT molecular complexity index is 254. The van der Waals surface area contributed by atoms with Crippen molar-refractivity contribution in [2.45, 2.75) is 11.0 Å². The molecule has 0 aliphatic rings. The molecular weight excluding hydrogens is 252 g/mol. The highest BCUT2D eigenvalue weighted by molar-refractivity contribution is 9.09. The minimum absolute atomic E-state index is 0.367. The Morgan fingerprint density at radius 1 is 1.25 bits per heavy atom. The highest BCUT2D eigenvalue weighted by atomic mass is 79.9. The zero-order chi connectivity index (χ0) is 9.19. The van der Waals surface area contributed by atoms with Crippen LogP contribution in [0.1, 0.15) is 11.1 Å². The topological polar surface area (TPSA) is 0 Å². The van der Waals surface area contributed by atoms with Crippen molar-refractivity contribution in [2.24, 2.45) is 0 Å². The molecule has 0 N–H and O–H groups in total. The van der Waals surface area contributed by atoms with Crippen LogP contribution in [-0.2, 0) is 4.08 Å². The molecule has 0 fully saturated rings. The van der Waals surface area contributed by atoms with E-state index in [1.54, 1.807) is 0 Å². The summed E-state index contributed by atoms with van der Waals surface area (Å²) >= 11 is 12.2. The van der Waals surface area contributed by atoms with E-state index in [0.29, 0.717) is 0 Å². The van der Waals surface area contributed by atoms with Gasteiger partial charge in [0.1, 0.15) is 0 Å². The van der Waals surface area contributed by atoms with Gasteiger partial charge in [0.15, 0.2) is 0 Å². The van der Waals surface area contributed by atoms with Crippen LogP contribution >= 0.6 is 41.2 Å². The van der Waals surface area contributed by atoms with Gasteiger partial charge >= 0.3 is 0 Å². The second-order valence-corrected chi connectivity index (χ2v) is 5.26. The maximum absolute atomic E-state index is 4.43. The molecule has 12 heavy (non-hydrogen) atoms. The molecule has 1 aromatic carbocycles. The standard InChI is InChI=1S/C9H11BrS2/c1-7-2-4-8(5-3-7)9(11,12)6-10/h2-5,11-12H,6H2,1H3. The van der Waals surface area contributed by atoms with E-state index in [-0.39, 0.29) is 4.08 Å². The second kappa shape index (κ2) is 4.07. The number of halogens is 1. The summed E-state index contributed by atoms with van der Waals surface area (Å²) in [6, 6.07) is 8.24. The average molecular weight is 263 g/mol. The quantitative estimate of drug-likeness (QED) is 0.456. The third-order valence-electron chi connectivity index (χ3n) is 1.70. The lowest BCUT2D eigenvalue weighted by Gasteiger charge is -2.19. The minimum Gasteiger partial charge on any atom is -0.156 e. The van der Waals surface area contributed by atoms with E-state index in [1.165, 1.54) is 5.56 Å². The Balaban J connectivity index is 2.96. The summed E-state index contributed by atoms with van der Waals surface area (Å²) < 4.78 is -0.367. The number of benzene rings is 1. The van der Waals surface area contributed by atoms with Gasteiger partial charge in [-0.05, 0) is 12.5 Å². The number of alkyl halides is 1. The summed E-state index contributed by atoms with van der Waals surface area (Å²) in [6.07, 6.45) is 0. The lowest BCUT2D eigenvalue weighted by molar-refractivity contribution is 1.06. The summed E-state index contributed by atoms with van der Waals surface area (Å²) in [7, 11) is 0. The van der Waals surface area contributed by atoms with E-state index < -0.39 is 0 Å². The van der Waals surface area contributed by atoms with Crippen LogP contribution in [0.5, 0.6) is 0 Å². The largest absolute Gasteiger partial charge is 0.156 e. The van der Waals surface area contributed by atoms with Gasteiger partial charge in [-0.15, -0.1) is 0 Å². The molecule has 3 heteroatoms. The van der Waals surface area contributed by atoms with Crippen LogP contribution in [0.2, 0.25) is 0 Å². The van der Waals surface area contributed by atoms with Crippen molar-refractivity contribution >= 4 is 41.2 Å². The van der Waals surface area contributed by atoms with Crippen molar-refractivity contribution in [3.63, 3.8) is 0 Å². The van der Waals surface area contributed by atoms with Crippen molar-refractivity contribution in [3.8, 4) is 0 Å². The van der Waals surface area contributed by atoms with Crippen LogP contribution in [0.15, 0.2) is 24.3 Å². The van der Waals surface area contributed by atoms with Gasteiger partial charge < -0.3 is 0 Å². The minimum atomic E-state index is -0.367. The fraction of sp³-hybridized carbons (Fsp3) is 0.333. The van der Waals surface area contributed by atoms with Crippen molar-refractivity contribution in [3.05, 3.63) is 35.4 Å². The molecule has 1 rings (SSSR count). The zero-order valence-electron chi connectivity index (χ0n) is 6.79. The highest BCUT2D eigenvalue weighted by Gasteiger charge is 2.20. The first-order valence-electron chi connectivity index (χ1n) is 3.64. The Kier molecular flexibility index (Phi) is 3.56. The number of rotatable bonds is 2. The van der Waals surface area contributed by atoms with Crippen molar-refractivity contribution in [1.82, 2.24) is 0 Å². The van der Waals surface area contributed by atoms with Crippen LogP contribution in [-0.4, -0.2) is 5.33 Å². The van der Waals surface area contributed by atoms with Gasteiger partial charge in [0.2, 0.25) is 0 Å². The van der Waals surface area contributed by atoms with E-state index >= 15 is 0 Å². The van der Waals surface area contributed by atoms with Crippen molar-refractivity contribution in [2.75, 3.05) is 5.33 Å². The summed E-state index contributed by atoms with van der Waals surface area (Å²) in [6.45, 7) is 2.07. The van der Waals surface area contributed by atoms with Gasteiger partial charge in [0, 0.05) is 5.33 Å². The summed E-state index contributed by atoms with van der Waals surface area (Å²) in [4.78, 5) is 0. The van der Waals surface area contributed by atoms with Crippen LogP contribution in [0.4, 0.5) is 0 Å². The van der Waals surface area contributed by atoms with E-state index in [1.807, 2.05) is 0 Å². The smallest absolute Gasteiger partial charge is 0.0899 e.